The molecule has 6 heteroatoms. The Hall–Kier alpha value is -1.49. The second kappa shape index (κ2) is 4.31. The molecule has 0 aliphatic carbocycles. The summed E-state index contributed by atoms with van der Waals surface area (Å²) in [5, 5.41) is 0.377. The van der Waals surface area contributed by atoms with E-state index in [0.29, 0.717) is 16.1 Å². The quantitative estimate of drug-likeness (QED) is 0.733. The van der Waals surface area contributed by atoms with Crippen molar-refractivity contribution in [2.24, 2.45) is 0 Å². The number of alkyl halides is 3. The predicted octanol–water partition coefficient (Wildman–Crippen LogP) is 3.55. The van der Waals surface area contributed by atoms with Gasteiger partial charge in [-0.15, -0.1) is 0 Å². The zero-order valence-corrected chi connectivity index (χ0v) is 9.97. The van der Waals surface area contributed by atoms with Crippen LogP contribution < -0.4 is 4.74 Å². The van der Waals surface area contributed by atoms with E-state index in [1.54, 1.807) is 6.92 Å². The summed E-state index contributed by atoms with van der Waals surface area (Å²) in [6, 6.07) is 2.97. The highest BCUT2D eigenvalue weighted by atomic mass is 35.5. The van der Waals surface area contributed by atoms with Gasteiger partial charge in [-0.05, 0) is 30.7 Å². The van der Waals surface area contributed by atoms with Gasteiger partial charge in [0.2, 0.25) is 6.10 Å². The summed E-state index contributed by atoms with van der Waals surface area (Å²) in [6.45, 7) is 1.60. The summed E-state index contributed by atoms with van der Waals surface area (Å²) in [7, 11) is 0. The number of aryl methyl sites for hydroxylation is 1. The summed E-state index contributed by atoms with van der Waals surface area (Å²) in [4.78, 5) is 10.7. The highest BCUT2D eigenvalue weighted by molar-refractivity contribution is 6.30. The number of rotatable bonds is 1. The number of hydrogen-bond donors (Lipinski definition) is 0. The van der Waals surface area contributed by atoms with Crippen LogP contribution in [0, 0.1) is 6.92 Å². The van der Waals surface area contributed by atoms with Crippen LogP contribution in [0.5, 0.6) is 5.75 Å². The van der Waals surface area contributed by atoms with E-state index in [2.05, 4.69) is 0 Å². The number of benzene rings is 1. The third-order valence-electron chi connectivity index (χ3n) is 2.56. The summed E-state index contributed by atoms with van der Waals surface area (Å²) >= 11 is 5.80. The zero-order chi connectivity index (χ0) is 13.5. The van der Waals surface area contributed by atoms with Gasteiger partial charge in [0, 0.05) is 16.2 Å². The Labute approximate surface area is 106 Å². The van der Waals surface area contributed by atoms with E-state index >= 15 is 0 Å². The van der Waals surface area contributed by atoms with Crippen LogP contribution in [0.2, 0.25) is 5.02 Å². The van der Waals surface area contributed by atoms with Gasteiger partial charge in [-0.2, -0.15) is 13.2 Å². The Morgan fingerprint density at radius 2 is 2.06 bits per heavy atom. The Morgan fingerprint density at radius 3 is 2.61 bits per heavy atom. The zero-order valence-electron chi connectivity index (χ0n) is 9.22. The second-order valence-corrected chi connectivity index (χ2v) is 4.38. The number of carbonyl (C=O) groups excluding carboxylic acids is 1. The fourth-order valence-corrected chi connectivity index (χ4v) is 2.10. The molecule has 0 bridgehead atoms. The maximum absolute atomic E-state index is 12.7. The number of halogens is 4. The Balaban J connectivity index is 2.57. The van der Waals surface area contributed by atoms with Crippen molar-refractivity contribution in [1.82, 2.24) is 0 Å². The fourth-order valence-electron chi connectivity index (χ4n) is 1.82. The average Bonchev–Trinajstić information content (AvgIpc) is 2.25. The molecule has 0 aromatic heterocycles. The van der Waals surface area contributed by atoms with Crippen molar-refractivity contribution in [1.29, 1.82) is 0 Å². The van der Waals surface area contributed by atoms with Gasteiger partial charge in [0.15, 0.2) is 0 Å². The summed E-state index contributed by atoms with van der Waals surface area (Å²) in [5.74, 6) is 0.104. The van der Waals surface area contributed by atoms with Gasteiger partial charge in [0.1, 0.15) is 12.0 Å². The Morgan fingerprint density at radius 1 is 1.39 bits per heavy atom. The lowest BCUT2D eigenvalue weighted by Crippen LogP contribution is -2.38. The van der Waals surface area contributed by atoms with Gasteiger partial charge in [-0.3, -0.25) is 4.79 Å². The molecule has 0 fully saturated rings. The molecule has 1 aliphatic heterocycles. The first-order chi connectivity index (χ1) is 8.32. The molecular weight excluding hydrogens is 269 g/mol. The van der Waals surface area contributed by atoms with Gasteiger partial charge >= 0.3 is 6.18 Å². The summed E-state index contributed by atoms with van der Waals surface area (Å²) in [5.41, 5.74) is 0.409. The van der Waals surface area contributed by atoms with Gasteiger partial charge < -0.3 is 4.74 Å². The van der Waals surface area contributed by atoms with Gasteiger partial charge in [0.25, 0.3) is 0 Å². The van der Waals surface area contributed by atoms with Crippen LogP contribution in [0.3, 0.4) is 0 Å². The number of aldehydes is 1. The van der Waals surface area contributed by atoms with Crippen molar-refractivity contribution in [2.45, 2.75) is 19.2 Å². The minimum Gasteiger partial charge on any atom is -0.475 e. The summed E-state index contributed by atoms with van der Waals surface area (Å²) < 4.78 is 43.1. The molecular formula is C12H8ClF3O2. The predicted molar refractivity (Wildman–Crippen MR) is 60.7 cm³/mol. The van der Waals surface area contributed by atoms with Crippen molar-refractivity contribution in [3.63, 3.8) is 0 Å². The van der Waals surface area contributed by atoms with Crippen LogP contribution in [-0.2, 0) is 4.79 Å². The van der Waals surface area contributed by atoms with E-state index in [9.17, 15) is 18.0 Å². The van der Waals surface area contributed by atoms with E-state index in [0.717, 1.165) is 6.08 Å². The normalized spacial score (nSPS) is 18.7. The van der Waals surface area contributed by atoms with Gasteiger partial charge in [-0.25, -0.2) is 0 Å². The van der Waals surface area contributed by atoms with Gasteiger partial charge in [-0.1, -0.05) is 11.6 Å². The van der Waals surface area contributed by atoms with Crippen LogP contribution in [0.1, 0.15) is 11.1 Å². The van der Waals surface area contributed by atoms with Crippen molar-refractivity contribution < 1.29 is 22.7 Å². The Bertz CT molecular complexity index is 535. The molecule has 0 saturated carbocycles. The molecule has 0 spiro atoms. The van der Waals surface area contributed by atoms with E-state index in [1.807, 2.05) is 0 Å². The lowest BCUT2D eigenvalue weighted by molar-refractivity contribution is -0.184. The third kappa shape index (κ3) is 2.22. The standard InChI is InChI=1S/C12H8ClF3O2/c1-6-2-9(13)4-7-3-8(5-17)11(12(14,15)16)18-10(6)7/h2-5,11H,1H3/t11-/m0/s1. The first-order valence-corrected chi connectivity index (χ1v) is 5.41. The van der Waals surface area contributed by atoms with Crippen LogP contribution in [0.4, 0.5) is 13.2 Å². The third-order valence-corrected chi connectivity index (χ3v) is 2.78. The smallest absolute Gasteiger partial charge is 0.429 e. The minimum absolute atomic E-state index is 0.104. The molecule has 0 amide bonds. The van der Waals surface area contributed by atoms with Crippen molar-refractivity contribution >= 4 is 24.0 Å². The van der Waals surface area contributed by atoms with E-state index in [1.165, 1.54) is 12.1 Å². The maximum Gasteiger partial charge on any atom is 0.429 e. The molecule has 2 nitrogen and oxygen atoms in total. The largest absolute Gasteiger partial charge is 0.475 e. The van der Waals surface area contributed by atoms with E-state index in [4.69, 9.17) is 16.3 Å². The first kappa shape index (κ1) is 13.0. The minimum atomic E-state index is -4.63. The van der Waals surface area contributed by atoms with Crippen LogP contribution in [0.15, 0.2) is 17.7 Å². The number of fused-ring (bicyclic) bond motifs is 1. The Kier molecular flexibility index (Phi) is 3.11. The molecule has 1 aromatic carbocycles. The molecule has 0 radical (unpaired) electrons. The SMILES string of the molecule is Cc1cc(Cl)cc2c1O[C@H](C(F)(F)F)C(C=O)=C2. The molecule has 0 unspecified atom stereocenters. The van der Waals surface area contributed by atoms with Crippen molar-refractivity contribution in [3.05, 3.63) is 33.9 Å². The van der Waals surface area contributed by atoms with Crippen LogP contribution in [0.25, 0.3) is 6.08 Å². The van der Waals surface area contributed by atoms with Crippen LogP contribution in [-0.4, -0.2) is 18.6 Å². The fraction of sp³-hybridized carbons (Fsp3) is 0.250. The van der Waals surface area contributed by atoms with Crippen LogP contribution >= 0.6 is 11.6 Å². The molecule has 1 aromatic rings. The lowest BCUT2D eigenvalue weighted by atomic mass is 10.00. The first-order valence-electron chi connectivity index (χ1n) is 5.03. The monoisotopic (exact) mass is 276 g/mol. The lowest BCUT2D eigenvalue weighted by Gasteiger charge is -2.27. The van der Waals surface area contributed by atoms with E-state index < -0.39 is 17.9 Å². The molecule has 18 heavy (non-hydrogen) atoms. The number of ether oxygens (including phenoxy) is 1. The molecule has 0 saturated heterocycles. The highest BCUT2D eigenvalue weighted by Crippen LogP contribution is 2.39. The molecule has 1 atom stereocenters. The number of carbonyl (C=O) groups is 1. The maximum atomic E-state index is 12.7. The highest BCUT2D eigenvalue weighted by Gasteiger charge is 2.46. The molecule has 0 N–H and O–H groups in total. The van der Waals surface area contributed by atoms with Gasteiger partial charge in [0.05, 0.1) is 0 Å². The molecule has 2 rings (SSSR count). The summed E-state index contributed by atoms with van der Waals surface area (Å²) in [6.07, 6.45) is -5.54. The topological polar surface area (TPSA) is 26.3 Å². The molecule has 96 valence electrons. The van der Waals surface area contributed by atoms with Crippen molar-refractivity contribution in [2.75, 3.05) is 0 Å². The molecule has 1 heterocycles. The van der Waals surface area contributed by atoms with Crippen molar-refractivity contribution in [3.8, 4) is 5.75 Å². The second-order valence-electron chi connectivity index (χ2n) is 3.94. The average molecular weight is 277 g/mol. The van der Waals surface area contributed by atoms with E-state index in [-0.39, 0.29) is 12.0 Å². The number of hydrogen-bond acceptors (Lipinski definition) is 2. The molecule has 1 aliphatic rings.